The maximum absolute atomic E-state index is 11.7. The van der Waals surface area contributed by atoms with E-state index in [4.69, 9.17) is 4.74 Å². The van der Waals surface area contributed by atoms with Gasteiger partial charge in [0.05, 0.1) is 0 Å². The molecule has 108 valence electrons. The molecule has 0 aliphatic carbocycles. The molecule has 6 heteroatoms. The number of hydrogen-bond acceptors (Lipinski definition) is 2. The molecule has 1 aromatic carbocycles. The van der Waals surface area contributed by atoms with Crippen molar-refractivity contribution in [3.8, 4) is 0 Å². The van der Waals surface area contributed by atoms with Crippen LogP contribution in [0.25, 0.3) is 4.47 Å². The molecule has 21 heavy (non-hydrogen) atoms. The molecule has 0 aromatic heterocycles. The second-order valence-electron chi connectivity index (χ2n) is 4.08. The Morgan fingerprint density at radius 3 is 2.43 bits per heavy atom. The van der Waals surface area contributed by atoms with Gasteiger partial charge in [0.2, 0.25) is 0 Å². The number of rotatable bonds is 3. The van der Waals surface area contributed by atoms with Crippen LogP contribution in [-0.4, -0.2) is 72.4 Å². The number of carbonyl (C=O) groups is 1. The molecule has 3 rings (SSSR count). The molecule has 1 aromatic rings. The molecule has 0 N–H and O–H groups in total. The van der Waals surface area contributed by atoms with Crippen molar-refractivity contribution in [2.24, 2.45) is 0 Å². The quantitative estimate of drug-likeness (QED) is 0.431. The van der Waals surface area contributed by atoms with E-state index in [9.17, 15) is 4.79 Å². The standard InChI is InChI=1S/C15H12O2Se4/c1-2-17-13(16)11-5-3-10(4-6-11)12-9-20-15(21-12)14-18-7-8-19-14/h3-9H,2H2,1H3. The van der Waals surface area contributed by atoms with Gasteiger partial charge < -0.3 is 0 Å². The van der Waals surface area contributed by atoms with Gasteiger partial charge in [0, 0.05) is 0 Å². The van der Waals surface area contributed by atoms with E-state index < -0.39 is 0 Å². The normalized spacial score (nSPS) is 17.3. The fourth-order valence-electron chi connectivity index (χ4n) is 1.76. The number of ether oxygens (including phenoxy) is 1. The van der Waals surface area contributed by atoms with Crippen LogP contribution in [0.2, 0.25) is 0 Å². The first-order valence-corrected chi connectivity index (χ1v) is 13.6. The van der Waals surface area contributed by atoms with Gasteiger partial charge in [-0.1, -0.05) is 0 Å². The van der Waals surface area contributed by atoms with Crippen LogP contribution in [0.5, 0.6) is 0 Å². The predicted molar refractivity (Wildman–Crippen MR) is 89.6 cm³/mol. The molecule has 0 fully saturated rings. The Morgan fingerprint density at radius 1 is 1.05 bits per heavy atom. The molecule has 2 aliphatic heterocycles. The van der Waals surface area contributed by atoms with Gasteiger partial charge in [-0.3, -0.25) is 0 Å². The Hall–Kier alpha value is -0.0121. The third-order valence-corrected chi connectivity index (χ3v) is 17.6. The van der Waals surface area contributed by atoms with Crippen LogP contribution in [0.1, 0.15) is 22.8 Å². The Morgan fingerprint density at radius 2 is 1.76 bits per heavy atom. The molecule has 0 bridgehead atoms. The van der Waals surface area contributed by atoms with E-state index in [-0.39, 0.29) is 5.97 Å². The van der Waals surface area contributed by atoms with Crippen molar-refractivity contribution in [3.05, 3.63) is 57.1 Å². The molecule has 2 heterocycles. The van der Waals surface area contributed by atoms with Crippen LogP contribution < -0.4 is 0 Å². The fraction of sp³-hybridized carbons (Fsp3) is 0.133. The van der Waals surface area contributed by atoms with Crippen molar-refractivity contribution in [3.63, 3.8) is 0 Å². The van der Waals surface area contributed by atoms with Crippen LogP contribution in [-0.2, 0) is 4.74 Å². The number of esters is 1. The van der Waals surface area contributed by atoms with E-state index >= 15 is 0 Å². The second kappa shape index (κ2) is 7.50. The molecule has 0 saturated heterocycles. The Bertz CT molecular complexity index is 634. The Labute approximate surface area is 149 Å². The van der Waals surface area contributed by atoms with Crippen molar-refractivity contribution in [2.75, 3.05) is 6.61 Å². The summed E-state index contributed by atoms with van der Waals surface area (Å²) in [4.78, 5) is 18.8. The average molecular weight is 540 g/mol. The van der Waals surface area contributed by atoms with Crippen LogP contribution in [0.4, 0.5) is 0 Å². The molecule has 2 aliphatic rings. The molecule has 0 unspecified atom stereocenters. The summed E-state index contributed by atoms with van der Waals surface area (Å²) >= 11 is 2.32. The second-order valence-corrected chi connectivity index (χ2v) is 14.6. The third kappa shape index (κ3) is 3.85. The monoisotopic (exact) mass is 544 g/mol. The number of hydrogen-bond donors (Lipinski definition) is 0. The molecular weight excluding hydrogens is 528 g/mol. The maximum atomic E-state index is 11.7. The third-order valence-electron chi connectivity index (χ3n) is 2.73. The van der Waals surface area contributed by atoms with E-state index in [1.807, 2.05) is 19.1 Å². The molecular formula is C15H12O2Se4. The zero-order valence-corrected chi connectivity index (χ0v) is 18.1. The first-order chi connectivity index (χ1) is 10.3. The van der Waals surface area contributed by atoms with Crippen molar-refractivity contribution >= 4 is 70.3 Å². The number of benzene rings is 1. The summed E-state index contributed by atoms with van der Waals surface area (Å²) in [5.74, 6) is -0.232. The van der Waals surface area contributed by atoms with Crippen LogP contribution in [0, 0.1) is 0 Å². The van der Waals surface area contributed by atoms with Gasteiger partial charge in [-0.05, 0) is 0 Å². The molecule has 0 atom stereocenters. The summed E-state index contributed by atoms with van der Waals surface area (Å²) in [7, 11) is 0. The SMILES string of the molecule is CCOC(=O)c1ccc(C2=C[Se]C(=C3[Se]C=C[Se]3)[Se]2)cc1. The molecule has 0 saturated carbocycles. The molecule has 0 radical (unpaired) electrons. The Balaban J connectivity index is 1.71. The van der Waals surface area contributed by atoms with E-state index in [2.05, 4.69) is 27.1 Å². The van der Waals surface area contributed by atoms with Crippen LogP contribution >= 0.6 is 0 Å². The van der Waals surface area contributed by atoms with Crippen molar-refractivity contribution in [1.29, 1.82) is 0 Å². The summed E-state index contributed by atoms with van der Waals surface area (Å²) in [6.07, 6.45) is 0. The van der Waals surface area contributed by atoms with E-state index in [1.54, 1.807) is 6.74 Å². The number of carbonyl (C=O) groups excluding carboxylic acids is 1. The fourth-order valence-corrected chi connectivity index (χ4v) is 15.5. The van der Waals surface area contributed by atoms with Gasteiger partial charge in [-0.25, -0.2) is 0 Å². The summed E-state index contributed by atoms with van der Waals surface area (Å²) in [6, 6.07) is 7.89. The van der Waals surface area contributed by atoms with Crippen LogP contribution in [0.15, 0.2) is 45.9 Å². The average Bonchev–Trinajstić information content (AvgIpc) is 3.19. The van der Waals surface area contributed by atoms with E-state index in [0.29, 0.717) is 72.0 Å². The Kier molecular flexibility index (Phi) is 5.67. The molecule has 0 amide bonds. The van der Waals surface area contributed by atoms with Gasteiger partial charge in [-0.2, -0.15) is 0 Å². The van der Waals surface area contributed by atoms with Gasteiger partial charge in [0.1, 0.15) is 0 Å². The van der Waals surface area contributed by atoms with Crippen molar-refractivity contribution in [2.45, 2.75) is 6.92 Å². The van der Waals surface area contributed by atoms with E-state index in [0.717, 1.165) is 0 Å². The van der Waals surface area contributed by atoms with Gasteiger partial charge in [-0.15, -0.1) is 0 Å². The summed E-state index contributed by atoms with van der Waals surface area (Å²) in [6.45, 7) is 2.25. The first-order valence-electron chi connectivity index (χ1n) is 6.33. The van der Waals surface area contributed by atoms with Gasteiger partial charge >= 0.3 is 150 Å². The van der Waals surface area contributed by atoms with Crippen LogP contribution in [0.3, 0.4) is 0 Å². The zero-order valence-electron chi connectivity index (χ0n) is 11.2. The predicted octanol–water partition coefficient (Wildman–Crippen LogP) is 1.60. The van der Waals surface area contributed by atoms with Crippen molar-refractivity contribution in [1.82, 2.24) is 0 Å². The van der Waals surface area contributed by atoms with Crippen molar-refractivity contribution < 1.29 is 9.53 Å². The minimum atomic E-state index is -0.232. The van der Waals surface area contributed by atoms with E-state index in [1.165, 1.54) is 10.0 Å². The van der Waals surface area contributed by atoms with Gasteiger partial charge in [0.15, 0.2) is 0 Å². The molecule has 0 spiro atoms. The zero-order chi connectivity index (χ0) is 14.7. The summed E-state index contributed by atoms with van der Waals surface area (Å²) < 4.78 is 10.0. The summed E-state index contributed by atoms with van der Waals surface area (Å²) in [5.41, 5.74) is 1.91. The van der Waals surface area contributed by atoms with Gasteiger partial charge in [0.25, 0.3) is 0 Å². The topological polar surface area (TPSA) is 26.3 Å². The molecule has 2 nitrogen and oxygen atoms in total. The summed E-state index contributed by atoms with van der Waals surface area (Å²) in [5, 5.41) is 0. The first kappa shape index (κ1) is 15.9. The minimum absolute atomic E-state index is 0.232.